The molecule has 0 saturated heterocycles. The van der Waals surface area contributed by atoms with E-state index in [2.05, 4.69) is 181 Å². The lowest BCUT2D eigenvalue weighted by atomic mass is 9.98. The number of furan rings is 1. The van der Waals surface area contributed by atoms with E-state index in [0.29, 0.717) is 0 Å². The number of nitrogens with zero attached hydrogens (tertiary/aromatic N) is 1. The van der Waals surface area contributed by atoms with E-state index in [1.165, 1.54) is 43.1 Å². The summed E-state index contributed by atoms with van der Waals surface area (Å²) in [5, 5.41) is 12.1. The van der Waals surface area contributed by atoms with Gasteiger partial charge in [-0.05, 0) is 85.6 Å². The topological polar surface area (TPSA) is 16.4 Å². The summed E-state index contributed by atoms with van der Waals surface area (Å²) in [6, 6.07) is 63.4. The molecule has 1 heterocycles. The van der Waals surface area contributed by atoms with E-state index >= 15 is 0 Å². The van der Waals surface area contributed by atoms with Crippen molar-refractivity contribution in [3.8, 4) is 11.1 Å². The van der Waals surface area contributed by atoms with Crippen molar-refractivity contribution in [3.05, 3.63) is 176 Å². The van der Waals surface area contributed by atoms with Crippen LogP contribution in [0.1, 0.15) is 0 Å². The van der Waals surface area contributed by atoms with E-state index in [0.717, 1.165) is 50.1 Å². The van der Waals surface area contributed by atoms with Gasteiger partial charge in [0.25, 0.3) is 0 Å². The Morgan fingerprint density at radius 1 is 0.333 bits per heavy atom. The van der Waals surface area contributed by atoms with Gasteiger partial charge in [-0.25, -0.2) is 0 Å². The quantitative estimate of drug-likeness (QED) is 0.184. The van der Waals surface area contributed by atoms with Crippen LogP contribution in [0.25, 0.3) is 76.2 Å². The third kappa shape index (κ3) is 4.20. The monoisotopic (exact) mass is 611 g/mol. The maximum Gasteiger partial charge on any atom is 0.143 e. The van der Waals surface area contributed by atoms with Crippen molar-refractivity contribution in [2.45, 2.75) is 0 Å². The second-order valence-corrected chi connectivity index (χ2v) is 12.6. The Kier molecular flexibility index (Phi) is 5.91. The Morgan fingerprint density at radius 3 is 1.75 bits per heavy atom. The van der Waals surface area contributed by atoms with Crippen LogP contribution in [0.2, 0.25) is 0 Å². The van der Waals surface area contributed by atoms with Crippen LogP contribution in [0.5, 0.6) is 0 Å². The van der Waals surface area contributed by atoms with Crippen LogP contribution in [-0.4, -0.2) is 0 Å². The maximum atomic E-state index is 6.73. The average molecular weight is 612 g/mol. The van der Waals surface area contributed by atoms with E-state index < -0.39 is 0 Å². The standard InChI is InChI=1S/C46H29NO/c1-2-12-32-26-36(23-22-30(32)10-1)47(37-24-25-39-35(27-37)21-20-31-11-5-6-15-38(31)39)44-19-8-7-16-40(44)41-17-9-18-42-43-28-33-13-3-4-14-34(33)29-45(43)48-46(41)42/h1-29H. The van der Waals surface area contributed by atoms with E-state index in [-0.39, 0.29) is 0 Å². The molecule has 0 bridgehead atoms. The van der Waals surface area contributed by atoms with Gasteiger partial charge >= 0.3 is 0 Å². The van der Waals surface area contributed by atoms with Gasteiger partial charge in [0.15, 0.2) is 0 Å². The van der Waals surface area contributed by atoms with Crippen LogP contribution in [-0.2, 0) is 0 Å². The molecule has 48 heavy (non-hydrogen) atoms. The normalized spacial score (nSPS) is 11.8. The summed E-state index contributed by atoms with van der Waals surface area (Å²) in [7, 11) is 0. The molecule has 224 valence electrons. The molecule has 0 atom stereocenters. The molecule has 2 heteroatoms. The van der Waals surface area contributed by atoms with Crippen molar-refractivity contribution in [2.24, 2.45) is 0 Å². The van der Waals surface area contributed by atoms with Gasteiger partial charge in [-0.15, -0.1) is 0 Å². The summed E-state index contributed by atoms with van der Waals surface area (Å²) in [6.07, 6.45) is 0. The van der Waals surface area contributed by atoms with Crippen molar-refractivity contribution in [2.75, 3.05) is 4.90 Å². The van der Waals surface area contributed by atoms with Gasteiger partial charge in [0.1, 0.15) is 11.2 Å². The number of benzene rings is 9. The molecule has 0 spiro atoms. The van der Waals surface area contributed by atoms with Crippen molar-refractivity contribution in [1.29, 1.82) is 0 Å². The summed E-state index contributed by atoms with van der Waals surface area (Å²) in [6.45, 7) is 0. The molecule has 0 N–H and O–H groups in total. The van der Waals surface area contributed by atoms with Crippen LogP contribution < -0.4 is 4.90 Å². The first-order valence-corrected chi connectivity index (χ1v) is 16.4. The van der Waals surface area contributed by atoms with Crippen molar-refractivity contribution >= 4 is 82.1 Å². The molecule has 2 nitrogen and oxygen atoms in total. The third-order valence-electron chi connectivity index (χ3n) is 9.78. The molecule has 0 radical (unpaired) electrons. The molecule has 0 fully saturated rings. The largest absolute Gasteiger partial charge is 0.455 e. The van der Waals surface area contributed by atoms with Gasteiger partial charge < -0.3 is 9.32 Å². The molecular weight excluding hydrogens is 583 g/mol. The maximum absolute atomic E-state index is 6.73. The van der Waals surface area contributed by atoms with Crippen LogP contribution in [0, 0.1) is 0 Å². The van der Waals surface area contributed by atoms with Gasteiger partial charge in [0.2, 0.25) is 0 Å². The van der Waals surface area contributed by atoms with E-state index in [4.69, 9.17) is 4.42 Å². The fraction of sp³-hybridized carbons (Fsp3) is 0. The van der Waals surface area contributed by atoms with Gasteiger partial charge in [0, 0.05) is 33.3 Å². The first kappa shape index (κ1) is 26.8. The SMILES string of the molecule is c1ccc(N(c2ccc3ccccc3c2)c2ccc3c(ccc4ccccc43)c2)c(-c2cccc3c2oc2cc4ccccc4cc23)c1. The Bertz CT molecular complexity index is 2860. The predicted octanol–water partition coefficient (Wildman–Crippen LogP) is 13.3. The predicted molar refractivity (Wildman–Crippen MR) is 204 cm³/mol. The highest BCUT2D eigenvalue weighted by Crippen LogP contribution is 2.45. The Morgan fingerprint density at radius 2 is 0.896 bits per heavy atom. The summed E-state index contributed by atoms with van der Waals surface area (Å²) in [5.74, 6) is 0. The molecule has 9 aromatic carbocycles. The second-order valence-electron chi connectivity index (χ2n) is 12.6. The van der Waals surface area contributed by atoms with E-state index in [9.17, 15) is 0 Å². The molecule has 10 rings (SSSR count). The molecule has 0 amide bonds. The summed E-state index contributed by atoms with van der Waals surface area (Å²) in [4.78, 5) is 2.40. The fourth-order valence-corrected chi connectivity index (χ4v) is 7.47. The molecule has 0 aliphatic heterocycles. The first-order chi connectivity index (χ1) is 23.8. The molecule has 0 aliphatic carbocycles. The van der Waals surface area contributed by atoms with Crippen molar-refractivity contribution < 1.29 is 4.42 Å². The van der Waals surface area contributed by atoms with E-state index in [1.807, 2.05) is 0 Å². The van der Waals surface area contributed by atoms with Gasteiger partial charge in [-0.2, -0.15) is 0 Å². The summed E-state index contributed by atoms with van der Waals surface area (Å²) in [5.41, 5.74) is 7.28. The van der Waals surface area contributed by atoms with Crippen molar-refractivity contribution in [1.82, 2.24) is 0 Å². The number of fused-ring (bicyclic) bond motifs is 8. The average Bonchev–Trinajstić information content (AvgIpc) is 3.51. The second kappa shape index (κ2) is 10.6. The molecular formula is C46H29NO. The number of hydrogen-bond donors (Lipinski definition) is 0. The lowest BCUT2D eigenvalue weighted by molar-refractivity contribution is 0.670. The summed E-state index contributed by atoms with van der Waals surface area (Å²) >= 11 is 0. The Hall–Kier alpha value is -6.38. The molecule has 0 unspecified atom stereocenters. The van der Waals surface area contributed by atoms with Crippen LogP contribution in [0.15, 0.2) is 180 Å². The summed E-state index contributed by atoms with van der Waals surface area (Å²) < 4.78 is 6.73. The van der Waals surface area contributed by atoms with Crippen LogP contribution in [0.4, 0.5) is 17.1 Å². The fourth-order valence-electron chi connectivity index (χ4n) is 7.47. The van der Waals surface area contributed by atoms with Gasteiger partial charge in [0.05, 0.1) is 5.69 Å². The minimum absolute atomic E-state index is 0.902. The van der Waals surface area contributed by atoms with Crippen LogP contribution >= 0.6 is 0 Å². The number of rotatable bonds is 4. The molecule has 1 aromatic heterocycles. The molecule has 0 aliphatic rings. The molecule has 10 aromatic rings. The zero-order chi connectivity index (χ0) is 31.6. The Balaban J connectivity index is 1.22. The lowest BCUT2D eigenvalue weighted by Gasteiger charge is -2.28. The van der Waals surface area contributed by atoms with Crippen LogP contribution in [0.3, 0.4) is 0 Å². The van der Waals surface area contributed by atoms with Crippen molar-refractivity contribution in [3.63, 3.8) is 0 Å². The van der Waals surface area contributed by atoms with Gasteiger partial charge in [-0.3, -0.25) is 0 Å². The zero-order valence-corrected chi connectivity index (χ0v) is 26.1. The highest BCUT2D eigenvalue weighted by Gasteiger charge is 2.21. The highest BCUT2D eigenvalue weighted by atomic mass is 16.3. The Labute approximate surface area is 277 Å². The first-order valence-electron chi connectivity index (χ1n) is 16.4. The smallest absolute Gasteiger partial charge is 0.143 e. The number of para-hydroxylation sites is 2. The third-order valence-corrected chi connectivity index (χ3v) is 9.78. The zero-order valence-electron chi connectivity index (χ0n) is 26.1. The minimum atomic E-state index is 0.902. The molecule has 0 saturated carbocycles. The number of hydrogen-bond acceptors (Lipinski definition) is 2. The number of anilines is 3. The van der Waals surface area contributed by atoms with E-state index in [1.54, 1.807) is 0 Å². The highest BCUT2D eigenvalue weighted by molar-refractivity contribution is 6.14. The lowest BCUT2D eigenvalue weighted by Crippen LogP contribution is -2.11. The minimum Gasteiger partial charge on any atom is -0.455 e. The van der Waals surface area contributed by atoms with Gasteiger partial charge in [-0.1, -0.05) is 133 Å².